The minimum Gasteiger partial charge on any atom is -0.481 e. The molecule has 0 radical (unpaired) electrons. The molecular formula is C14H23NO2. The van der Waals surface area contributed by atoms with Gasteiger partial charge in [-0.3, -0.25) is 4.79 Å². The summed E-state index contributed by atoms with van der Waals surface area (Å²) in [5, 5.41) is 9.10. The maximum absolute atomic E-state index is 11.0. The van der Waals surface area contributed by atoms with Crippen molar-refractivity contribution in [3.05, 3.63) is 0 Å². The highest BCUT2D eigenvalue weighted by Gasteiger charge is 2.40. The van der Waals surface area contributed by atoms with Crippen molar-refractivity contribution in [1.29, 1.82) is 0 Å². The Labute approximate surface area is 103 Å². The van der Waals surface area contributed by atoms with Crippen LogP contribution in [0.2, 0.25) is 0 Å². The minimum absolute atomic E-state index is 0.109. The van der Waals surface area contributed by atoms with Crippen LogP contribution >= 0.6 is 0 Å². The number of hydrogen-bond acceptors (Lipinski definition) is 2. The normalized spacial score (nSPS) is 41.9. The molecule has 1 N–H and O–H groups in total. The van der Waals surface area contributed by atoms with E-state index in [0.29, 0.717) is 0 Å². The van der Waals surface area contributed by atoms with E-state index in [-0.39, 0.29) is 5.92 Å². The highest BCUT2D eigenvalue weighted by atomic mass is 16.4. The molecule has 2 aliphatic carbocycles. The lowest BCUT2D eigenvalue weighted by Gasteiger charge is -2.34. The number of rotatable bonds is 3. The van der Waals surface area contributed by atoms with Gasteiger partial charge in [0.15, 0.2) is 0 Å². The molecule has 1 saturated heterocycles. The van der Waals surface area contributed by atoms with E-state index in [1.165, 1.54) is 32.2 Å². The van der Waals surface area contributed by atoms with Gasteiger partial charge in [0, 0.05) is 13.1 Å². The third-order valence-electron chi connectivity index (χ3n) is 5.23. The lowest BCUT2D eigenvalue weighted by molar-refractivity contribution is -0.143. The smallest absolute Gasteiger partial charge is 0.307 e. The summed E-state index contributed by atoms with van der Waals surface area (Å²) in [6, 6.07) is 0. The minimum atomic E-state index is -0.595. The van der Waals surface area contributed by atoms with Crippen LogP contribution in [0.3, 0.4) is 0 Å². The van der Waals surface area contributed by atoms with Gasteiger partial charge in [0.05, 0.1) is 5.92 Å². The summed E-state index contributed by atoms with van der Waals surface area (Å²) < 4.78 is 0. The van der Waals surface area contributed by atoms with Crippen LogP contribution in [0.15, 0.2) is 0 Å². The second-order valence-electron chi connectivity index (χ2n) is 6.37. The highest BCUT2D eigenvalue weighted by Crippen LogP contribution is 2.48. The largest absolute Gasteiger partial charge is 0.481 e. The Hall–Kier alpha value is -0.570. The van der Waals surface area contributed by atoms with Crippen molar-refractivity contribution in [2.24, 2.45) is 23.7 Å². The number of nitrogens with zero attached hydrogens (tertiary/aromatic N) is 1. The lowest BCUT2D eigenvalue weighted by Crippen LogP contribution is -2.41. The molecule has 0 aromatic carbocycles. The van der Waals surface area contributed by atoms with E-state index in [0.717, 1.165) is 43.7 Å². The van der Waals surface area contributed by atoms with E-state index in [1.54, 1.807) is 0 Å². The summed E-state index contributed by atoms with van der Waals surface area (Å²) in [4.78, 5) is 13.5. The van der Waals surface area contributed by atoms with Gasteiger partial charge in [-0.2, -0.15) is 0 Å². The van der Waals surface area contributed by atoms with Crippen LogP contribution in [0, 0.1) is 23.7 Å². The van der Waals surface area contributed by atoms with Gasteiger partial charge in [-0.1, -0.05) is 6.42 Å². The Bertz CT molecular complexity index is 305. The fourth-order valence-electron chi connectivity index (χ4n) is 4.35. The molecule has 3 nitrogen and oxygen atoms in total. The number of hydrogen-bond donors (Lipinski definition) is 1. The molecule has 4 atom stereocenters. The Morgan fingerprint density at radius 1 is 1.24 bits per heavy atom. The maximum atomic E-state index is 11.0. The van der Waals surface area contributed by atoms with Crippen LogP contribution in [0.5, 0.6) is 0 Å². The first-order chi connectivity index (χ1) is 8.22. The van der Waals surface area contributed by atoms with E-state index < -0.39 is 5.97 Å². The summed E-state index contributed by atoms with van der Waals surface area (Å²) >= 11 is 0. The molecule has 96 valence electrons. The lowest BCUT2D eigenvalue weighted by atomic mass is 9.87. The molecule has 1 heterocycles. The van der Waals surface area contributed by atoms with Crippen LogP contribution in [0.4, 0.5) is 0 Å². The molecule has 0 aromatic heterocycles. The molecule has 17 heavy (non-hydrogen) atoms. The number of carboxylic acid groups (broad SMARTS) is 1. The molecule has 4 unspecified atom stereocenters. The molecular weight excluding hydrogens is 214 g/mol. The zero-order chi connectivity index (χ0) is 11.8. The Morgan fingerprint density at radius 2 is 2.12 bits per heavy atom. The summed E-state index contributed by atoms with van der Waals surface area (Å²) in [7, 11) is 0. The third kappa shape index (κ3) is 2.35. The monoisotopic (exact) mass is 237 g/mol. The van der Waals surface area contributed by atoms with Gasteiger partial charge in [-0.25, -0.2) is 0 Å². The zero-order valence-electron chi connectivity index (χ0n) is 10.5. The number of carbonyl (C=O) groups is 1. The van der Waals surface area contributed by atoms with Crippen molar-refractivity contribution in [1.82, 2.24) is 4.90 Å². The molecule has 3 aliphatic rings. The first kappa shape index (κ1) is 11.5. The van der Waals surface area contributed by atoms with Crippen molar-refractivity contribution in [2.75, 3.05) is 19.6 Å². The van der Waals surface area contributed by atoms with E-state index in [1.807, 2.05) is 0 Å². The van der Waals surface area contributed by atoms with Crippen molar-refractivity contribution in [3.8, 4) is 0 Å². The molecule has 0 spiro atoms. The fourth-order valence-corrected chi connectivity index (χ4v) is 4.35. The van der Waals surface area contributed by atoms with Gasteiger partial charge in [0.2, 0.25) is 0 Å². The highest BCUT2D eigenvalue weighted by molar-refractivity contribution is 5.70. The predicted octanol–water partition coefficient (Wildman–Crippen LogP) is 2.22. The number of likely N-dealkylation sites (tertiary alicyclic amines) is 1. The predicted molar refractivity (Wildman–Crippen MR) is 65.7 cm³/mol. The standard InChI is InChI=1S/C14H23NO2/c16-14(17)12-2-1-5-15(8-12)9-13-7-10-3-4-11(13)6-10/h10-13H,1-9H2,(H,16,17). The van der Waals surface area contributed by atoms with Gasteiger partial charge in [-0.15, -0.1) is 0 Å². The second kappa shape index (κ2) is 4.60. The van der Waals surface area contributed by atoms with Gasteiger partial charge < -0.3 is 10.0 Å². The molecule has 0 amide bonds. The molecule has 3 heteroatoms. The quantitative estimate of drug-likeness (QED) is 0.818. The summed E-state index contributed by atoms with van der Waals surface area (Å²) in [6.45, 7) is 3.09. The first-order valence-corrected chi connectivity index (χ1v) is 7.17. The molecule has 0 aromatic rings. The van der Waals surface area contributed by atoms with Crippen molar-refractivity contribution in [2.45, 2.75) is 38.5 Å². The van der Waals surface area contributed by atoms with Crippen LogP contribution in [-0.4, -0.2) is 35.6 Å². The summed E-state index contributed by atoms with van der Waals surface area (Å²) in [5.41, 5.74) is 0. The third-order valence-corrected chi connectivity index (χ3v) is 5.23. The molecule has 2 saturated carbocycles. The van der Waals surface area contributed by atoms with Crippen LogP contribution in [0.1, 0.15) is 38.5 Å². The van der Waals surface area contributed by atoms with Crippen LogP contribution < -0.4 is 0 Å². The molecule has 3 fully saturated rings. The average Bonchev–Trinajstić information content (AvgIpc) is 2.91. The van der Waals surface area contributed by atoms with E-state index in [9.17, 15) is 4.79 Å². The molecule has 2 bridgehead atoms. The first-order valence-electron chi connectivity index (χ1n) is 7.17. The Morgan fingerprint density at radius 3 is 2.76 bits per heavy atom. The number of piperidine rings is 1. The fraction of sp³-hybridized carbons (Fsp3) is 0.929. The van der Waals surface area contributed by atoms with Gasteiger partial charge in [0.1, 0.15) is 0 Å². The average molecular weight is 237 g/mol. The summed E-state index contributed by atoms with van der Waals surface area (Å²) in [5.74, 6) is 2.14. The number of carboxylic acids is 1. The van der Waals surface area contributed by atoms with Crippen molar-refractivity contribution >= 4 is 5.97 Å². The van der Waals surface area contributed by atoms with Gasteiger partial charge >= 0.3 is 5.97 Å². The zero-order valence-corrected chi connectivity index (χ0v) is 10.5. The Balaban J connectivity index is 1.53. The molecule has 1 aliphatic heterocycles. The summed E-state index contributed by atoms with van der Waals surface area (Å²) in [6.07, 6.45) is 7.71. The van der Waals surface area contributed by atoms with Gasteiger partial charge in [0.25, 0.3) is 0 Å². The van der Waals surface area contributed by atoms with E-state index in [4.69, 9.17) is 5.11 Å². The van der Waals surface area contributed by atoms with E-state index in [2.05, 4.69) is 4.90 Å². The Kier molecular flexibility index (Phi) is 3.12. The molecule has 3 rings (SSSR count). The second-order valence-corrected chi connectivity index (χ2v) is 6.37. The van der Waals surface area contributed by atoms with E-state index >= 15 is 0 Å². The van der Waals surface area contributed by atoms with Crippen molar-refractivity contribution < 1.29 is 9.90 Å². The van der Waals surface area contributed by atoms with Crippen LogP contribution in [0.25, 0.3) is 0 Å². The topological polar surface area (TPSA) is 40.5 Å². The van der Waals surface area contributed by atoms with Crippen LogP contribution in [-0.2, 0) is 4.79 Å². The van der Waals surface area contributed by atoms with Crippen molar-refractivity contribution in [3.63, 3.8) is 0 Å². The van der Waals surface area contributed by atoms with Gasteiger partial charge in [-0.05, 0) is 56.4 Å². The number of fused-ring (bicyclic) bond motifs is 2. The SMILES string of the molecule is O=C(O)C1CCCN(CC2CC3CCC2C3)C1. The number of aliphatic carboxylic acids is 1. The maximum Gasteiger partial charge on any atom is 0.307 e.